The normalized spacial score (nSPS) is 14.6. The fraction of sp³-hybridized carbons (Fsp3) is 0.0455. The van der Waals surface area contributed by atoms with Gasteiger partial charge in [0.2, 0.25) is 0 Å². The first-order chi connectivity index (χ1) is 13.6. The molecule has 0 bridgehead atoms. The number of hydrogen-bond donors (Lipinski definition) is 0. The van der Waals surface area contributed by atoms with Crippen LogP contribution in [0.15, 0.2) is 78.4 Å². The molecule has 2 aromatic carbocycles. The van der Waals surface area contributed by atoms with E-state index >= 15 is 0 Å². The van der Waals surface area contributed by atoms with E-state index in [1.165, 1.54) is 21.1 Å². The van der Waals surface area contributed by atoms with Gasteiger partial charge in [0.1, 0.15) is 5.57 Å². The van der Waals surface area contributed by atoms with Crippen molar-refractivity contribution in [2.75, 3.05) is 9.80 Å². The van der Waals surface area contributed by atoms with E-state index in [1.807, 2.05) is 55.5 Å². The van der Waals surface area contributed by atoms with E-state index in [0.29, 0.717) is 11.4 Å². The van der Waals surface area contributed by atoms with Gasteiger partial charge in [0.15, 0.2) is 5.11 Å². The summed E-state index contributed by atoms with van der Waals surface area (Å²) in [5.74, 6) is -0.834. The van der Waals surface area contributed by atoms with Crippen LogP contribution < -0.4 is 9.80 Å². The topological polar surface area (TPSA) is 40.6 Å². The second kappa shape index (κ2) is 7.50. The van der Waals surface area contributed by atoms with Crippen molar-refractivity contribution in [1.82, 2.24) is 0 Å². The first kappa shape index (κ1) is 18.3. The molecule has 0 aliphatic carbocycles. The van der Waals surface area contributed by atoms with Crippen LogP contribution >= 0.6 is 23.6 Å². The number of amides is 2. The minimum Gasteiger partial charge on any atom is -0.268 e. The molecule has 0 spiro atoms. The molecular formula is C22H16N2O2S2. The van der Waals surface area contributed by atoms with Gasteiger partial charge in [-0.1, -0.05) is 36.4 Å². The molecule has 0 radical (unpaired) electrons. The molecule has 4 rings (SSSR count). The van der Waals surface area contributed by atoms with Crippen LogP contribution in [0.25, 0.3) is 6.08 Å². The van der Waals surface area contributed by atoms with Crippen molar-refractivity contribution in [1.29, 1.82) is 0 Å². The molecule has 0 atom stereocenters. The molecule has 28 heavy (non-hydrogen) atoms. The third-order valence-electron chi connectivity index (χ3n) is 4.33. The maximum Gasteiger partial charge on any atom is 0.270 e. The van der Waals surface area contributed by atoms with Crippen molar-refractivity contribution in [3.8, 4) is 0 Å². The number of hydrogen-bond acceptors (Lipinski definition) is 4. The number of benzene rings is 2. The average Bonchev–Trinajstić information content (AvgIpc) is 3.12. The van der Waals surface area contributed by atoms with Crippen LogP contribution in [0.2, 0.25) is 0 Å². The van der Waals surface area contributed by atoms with Crippen molar-refractivity contribution in [2.45, 2.75) is 6.92 Å². The van der Waals surface area contributed by atoms with Crippen LogP contribution in [0.4, 0.5) is 11.4 Å². The van der Waals surface area contributed by atoms with Crippen molar-refractivity contribution >= 4 is 57.9 Å². The molecular weight excluding hydrogens is 388 g/mol. The quantitative estimate of drug-likeness (QED) is 0.358. The van der Waals surface area contributed by atoms with Crippen LogP contribution in [0.3, 0.4) is 0 Å². The largest absolute Gasteiger partial charge is 0.270 e. The lowest BCUT2D eigenvalue weighted by Crippen LogP contribution is -2.56. The molecule has 0 N–H and O–H groups in total. The fourth-order valence-electron chi connectivity index (χ4n) is 3.01. The molecule has 0 unspecified atom stereocenters. The number of nitrogens with zero attached hydrogens (tertiary/aromatic N) is 2. The Morgan fingerprint density at radius 1 is 0.786 bits per heavy atom. The first-order valence-corrected chi connectivity index (χ1v) is 9.90. The van der Waals surface area contributed by atoms with Gasteiger partial charge >= 0.3 is 0 Å². The van der Waals surface area contributed by atoms with Gasteiger partial charge in [-0.05, 0) is 61.6 Å². The summed E-state index contributed by atoms with van der Waals surface area (Å²) in [7, 11) is 0. The van der Waals surface area contributed by atoms with Gasteiger partial charge in [-0.2, -0.15) is 0 Å². The Kier molecular flexibility index (Phi) is 4.90. The van der Waals surface area contributed by atoms with Gasteiger partial charge in [0.05, 0.1) is 11.4 Å². The van der Waals surface area contributed by atoms with Crippen LogP contribution in [-0.2, 0) is 9.59 Å². The lowest BCUT2D eigenvalue weighted by Gasteiger charge is -2.36. The zero-order valence-electron chi connectivity index (χ0n) is 15.0. The van der Waals surface area contributed by atoms with E-state index in [2.05, 4.69) is 0 Å². The molecule has 6 heteroatoms. The summed E-state index contributed by atoms with van der Waals surface area (Å²) in [6.07, 6.45) is 1.65. The molecule has 1 saturated heterocycles. The summed E-state index contributed by atoms with van der Waals surface area (Å²) >= 11 is 7.10. The number of carbonyl (C=O) groups is 2. The number of thiocarbonyl (C=S) groups is 1. The molecule has 1 aliphatic rings. The smallest absolute Gasteiger partial charge is 0.268 e. The summed E-state index contributed by atoms with van der Waals surface area (Å²) in [6.45, 7) is 1.98. The summed E-state index contributed by atoms with van der Waals surface area (Å²) in [4.78, 5) is 31.3. The lowest BCUT2D eigenvalue weighted by molar-refractivity contribution is -0.120. The highest BCUT2D eigenvalue weighted by Gasteiger charge is 2.41. The minimum atomic E-state index is -0.417. The Morgan fingerprint density at radius 2 is 1.29 bits per heavy atom. The number of thiophene rings is 1. The van der Waals surface area contributed by atoms with Crippen molar-refractivity contribution in [3.63, 3.8) is 0 Å². The number of rotatable bonds is 3. The lowest BCUT2D eigenvalue weighted by atomic mass is 10.1. The van der Waals surface area contributed by atoms with Gasteiger partial charge in [0, 0.05) is 9.75 Å². The SMILES string of the molecule is Cc1ccc(C=C2C(=O)N(c3ccccc3)C(=S)N(c3ccccc3)C2=O)s1. The third kappa shape index (κ3) is 3.28. The van der Waals surface area contributed by atoms with E-state index < -0.39 is 11.8 Å². The van der Waals surface area contributed by atoms with Gasteiger partial charge in [-0.15, -0.1) is 11.3 Å². The molecule has 138 valence electrons. The molecule has 1 aromatic heterocycles. The van der Waals surface area contributed by atoms with E-state index in [0.717, 1.165) is 9.75 Å². The molecule has 2 amide bonds. The van der Waals surface area contributed by atoms with Crippen LogP contribution in [0.1, 0.15) is 9.75 Å². The maximum absolute atomic E-state index is 13.3. The summed E-state index contributed by atoms with van der Waals surface area (Å²) in [6, 6.07) is 22.1. The Balaban J connectivity index is 1.86. The van der Waals surface area contributed by atoms with E-state index in [1.54, 1.807) is 30.3 Å². The minimum absolute atomic E-state index is 0.0863. The highest BCUT2D eigenvalue weighted by Crippen LogP contribution is 2.30. The van der Waals surface area contributed by atoms with Gasteiger partial charge < -0.3 is 0 Å². The molecule has 0 saturated carbocycles. The summed E-state index contributed by atoms with van der Waals surface area (Å²) < 4.78 is 0. The van der Waals surface area contributed by atoms with Gasteiger partial charge in [0.25, 0.3) is 11.8 Å². The Labute approximate surface area is 172 Å². The van der Waals surface area contributed by atoms with E-state index in [-0.39, 0.29) is 10.7 Å². The predicted octanol–water partition coefficient (Wildman–Crippen LogP) is 4.80. The molecule has 4 nitrogen and oxygen atoms in total. The van der Waals surface area contributed by atoms with E-state index in [4.69, 9.17) is 12.2 Å². The molecule has 2 heterocycles. The van der Waals surface area contributed by atoms with Gasteiger partial charge in [-0.3, -0.25) is 19.4 Å². The van der Waals surface area contributed by atoms with Crippen molar-refractivity contribution in [2.24, 2.45) is 0 Å². The van der Waals surface area contributed by atoms with Crippen LogP contribution in [0.5, 0.6) is 0 Å². The number of aryl methyl sites for hydroxylation is 1. The number of carbonyl (C=O) groups excluding carboxylic acids is 2. The Morgan fingerprint density at radius 3 is 1.71 bits per heavy atom. The Bertz CT molecular complexity index is 1020. The highest BCUT2D eigenvalue weighted by atomic mass is 32.1. The highest BCUT2D eigenvalue weighted by molar-refractivity contribution is 7.81. The third-order valence-corrected chi connectivity index (χ3v) is 5.64. The summed E-state index contributed by atoms with van der Waals surface area (Å²) in [5, 5.41) is 0.145. The first-order valence-electron chi connectivity index (χ1n) is 8.67. The maximum atomic E-state index is 13.3. The van der Waals surface area contributed by atoms with E-state index in [9.17, 15) is 9.59 Å². The second-order valence-electron chi connectivity index (χ2n) is 6.24. The van der Waals surface area contributed by atoms with Crippen molar-refractivity contribution < 1.29 is 9.59 Å². The molecule has 3 aromatic rings. The zero-order valence-corrected chi connectivity index (χ0v) is 16.7. The van der Waals surface area contributed by atoms with Crippen LogP contribution in [-0.4, -0.2) is 16.9 Å². The monoisotopic (exact) mass is 404 g/mol. The van der Waals surface area contributed by atoms with Crippen molar-refractivity contribution in [3.05, 3.63) is 88.1 Å². The predicted molar refractivity (Wildman–Crippen MR) is 117 cm³/mol. The molecule has 1 fully saturated rings. The summed E-state index contributed by atoms with van der Waals surface area (Å²) in [5.41, 5.74) is 1.33. The Hall–Kier alpha value is -3.09. The fourth-order valence-corrected chi connectivity index (χ4v) is 4.21. The number of anilines is 2. The van der Waals surface area contributed by atoms with Gasteiger partial charge in [-0.25, -0.2) is 0 Å². The number of para-hydroxylation sites is 2. The second-order valence-corrected chi connectivity index (χ2v) is 7.93. The molecule has 1 aliphatic heterocycles. The zero-order chi connectivity index (χ0) is 19.7. The van der Waals surface area contributed by atoms with Crippen LogP contribution in [0, 0.1) is 6.92 Å². The average molecular weight is 405 g/mol. The standard InChI is InChI=1S/C22H16N2O2S2/c1-15-12-13-18(28-15)14-19-20(25)23(16-8-4-2-5-9-16)22(27)24(21(19)26)17-10-6-3-7-11-17/h2-14H,1H3.